The van der Waals surface area contributed by atoms with Crippen LogP contribution < -0.4 is 16.0 Å². The van der Waals surface area contributed by atoms with E-state index in [9.17, 15) is 9.59 Å². The number of rotatable bonds is 6. The average Bonchev–Trinajstić information content (AvgIpc) is 3.45. The molecule has 5 nitrogen and oxygen atoms in total. The summed E-state index contributed by atoms with van der Waals surface area (Å²) in [4.78, 5) is 24.7. The standard InChI is InChI=1S/C21H24ClN3O2/c1-3-18(14-5-4-6-16(22)11-14)24-21(27)25-19-12-15(8-7-13(19)2)20(26)23-17-9-10-17/h4-8,11-12,17-18H,3,9-10H2,1-2H3,(H,23,26)(H2,24,25,27). The second-order valence-electron chi connectivity index (χ2n) is 6.89. The first-order valence-electron chi connectivity index (χ1n) is 9.20. The minimum atomic E-state index is -0.315. The van der Waals surface area contributed by atoms with Crippen LogP contribution in [-0.2, 0) is 0 Å². The number of anilines is 1. The summed E-state index contributed by atoms with van der Waals surface area (Å²) in [6.45, 7) is 3.90. The highest BCUT2D eigenvalue weighted by Crippen LogP contribution is 2.23. The summed E-state index contributed by atoms with van der Waals surface area (Å²) in [6, 6.07) is 12.6. The maximum absolute atomic E-state index is 12.5. The Morgan fingerprint density at radius 3 is 2.63 bits per heavy atom. The van der Waals surface area contributed by atoms with Crippen molar-refractivity contribution in [1.29, 1.82) is 0 Å². The van der Waals surface area contributed by atoms with Gasteiger partial charge in [-0.25, -0.2) is 4.79 Å². The predicted molar refractivity (Wildman–Crippen MR) is 108 cm³/mol. The number of urea groups is 1. The fourth-order valence-electron chi connectivity index (χ4n) is 2.86. The Balaban J connectivity index is 1.68. The van der Waals surface area contributed by atoms with Gasteiger partial charge in [-0.1, -0.05) is 36.7 Å². The lowest BCUT2D eigenvalue weighted by Gasteiger charge is -2.19. The quantitative estimate of drug-likeness (QED) is 0.667. The number of halogens is 1. The molecular weight excluding hydrogens is 362 g/mol. The average molecular weight is 386 g/mol. The summed E-state index contributed by atoms with van der Waals surface area (Å²) < 4.78 is 0. The second-order valence-corrected chi connectivity index (χ2v) is 7.33. The van der Waals surface area contributed by atoms with E-state index < -0.39 is 0 Å². The number of aryl methyl sites for hydroxylation is 1. The van der Waals surface area contributed by atoms with E-state index in [1.54, 1.807) is 18.2 Å². The van der Waals surface area contributed by atoms with Crippen molar-refractivity contribution in [3.63, 3.8) is 0 Å². The third-order valence-corrected chi connectivity index (χ3v) is 4.86. The van der Waals surface area contributed by atoms with E-state index >= 15 is 0 Å². The molecule has 1 aliphatic carbocycles. The fraction of sp³-hybridized carbons (Fsp3) is 0.333. The van der Waals surface area contributed by atoms with Gasteiger partial charge in [0.25, 0.3) is 5.91 Å². The zero-order valence-corrected chi connectivity index (χ0v) is 16.3. The van der Waals surface area contributed by atoms with Gasteiger partial charge in [0, 0.05) is 22.3 Å². The van der Waals surface area contributed by atoms with Crippen molar-refractivity contribution in [2.45, 2.75) is 45.2 Å². The molecule has 0 heterocycles. The van der Waals surface area contributed by atoms with E-state index in [1.165, 1.54) is 0 Å². The Morgan fingerprint density at radius 1 is 1.19 bits per heavy atom. The maximum atomic E-state index is 12.5. The Labute approximate surface area is 164 Å². The molecule has 0 saturated heterocycles. The zero-order chi connectivity index (χ0) is 19.4. The first-order chi connectivity index (χ1) is 13.0. The lowest BCUT2D eigenvalue weighted by Crippen LogP contribution is -2.32. The van der Waals surface area contributed by atoms with Gasteiger partial charge < -0.3 is 16.0 Å². The molecule has 3 amide bonds. The molecule has 1 saturated carbocycles. The monoisotopic (exact) mass is 385 g/mol. The molecule has 3 N–H and O–H groups in total. The molecule has 2 aromatic rings. The van der Waals surface area contributed by atoms with Crippen LogP contribution in [0.4, 0.5) is 10.5 Å². The largest absolute Gasteiger partial charge is 0.349 e. The molecular formula is C21H24ClN3O2. The van der Waals surface area contributed by atoms with Gasteiger partial charge in [0.05, 0.1) is 6.04 Å². The highest BCUT2D eigenvalue weighted by atomic mass is 35.5. The van der Waals surface area contributed by atoms with Gasteiger partial charge in [-0.05, 0) is 61.6 Å². The van der Waals surface area contributed by atoms with Gasteiger partial charge in [-0.2, -0.15) is 0 Å². The predicted octanol–water partition coefficient (Wildman–Crippen LogP) is 4.81. The van der Waals surface area contributed by atoms with Crippen molar-refractivity contribution in [1.82, 2.24) is 10.6 Å². The molecule has 0 spiro atoms. The highest BCUT2D eigenvalue weighted by molar-refractivity contribution is 6.30. The van der Waals surface area contributed by atoms with Crippen molar-refractivity contribution < 1.29 is 9.59 Å². The van der Waals surface area contributed by atoms with Crippen LogP contribution in [0.25, 0.3) is 0 Å². The molecule has 0 radical (unpaired) electrons. The molecule has 1 atom stereocenters. The summed E-state index contributed by atoms with van der Waals surface area (Å²) in [7, 11) is 0. The van der Waals surface area contributed by atoms with Gasteiger partial charge in [0.1, 0.15) is 0 Å². The normalized spacial score (nSPS) is 14.3. The van der Waals surface area contributed by atoms with Crippen LogP contribution in [-0.4, -0.2) is 18.0 Å². The van der Waals surface area contributed by atoms with Crippen molar-refractivity contribution in [3.05, 3.63) is 64.2 Å². The maximum Gasteiger partial charge on any atom is 0.319 e. The minimum Gasteiger partial charge on any atom is -0.349 e. The summed E-state index contributed by atoms with van der Waals surface area (Å²) >= 11 is 6.05. The Kier molecular flexibility index (Phi) is 6.01. The number of carbonyl (C=O) groups is 2. The summed E-state index contributed by atoms with van der Waals surface area (Å²) in [5, 5.41) is 9.42. The molecule has 1 aliphatic rings. The van der Waals surface area contributed by atoms with Crippen molar-refractivity contribution >= 4 is 29.2 Å². The molecule has 27 heavy (non-hydrogen) atoms. The minimum absolute atomic E-state index is 0.105. The Morgan fingerprint density at radius 2 is 1.96 bits per heavy atom. The SMILES string of the molecule is CCC(NC(=O)Nc1cc(C(=O)NC2CC2)ccc1C)c1cccc(Cl)c1. The molecule has 0 aliphatic heterocycles. The van der Waals surface area contributed by atoms with E-state index in [4.69, 9.17) is 11.6 Å². The van der Waals surface area contributed by atoms with Gasteiger partial charge >= 0.3 is 6.03 Å². The highest BCUT2D eigenvalue weighted by Gasteiger charge is 2.24. The molecule has 0 bridgehead atoms. The second kappa shape index (κ2) is 8.44. The Hall–Kier alpha value is -2.53. The third-order valence-electron chi connectivity index (χ3n) is 4.63. The number of hydrogen-bond acceptors (Lipinski definition) is 2. The summed E-state index contributed by atoms with van der Waals surface area (Å²) in [5.74, 6) is -0.105. The van der Waals surface area contributed by atoms with E-state index in [0.29, 0.717) is 22.3 Å². The first-order valence-corrected chi connectivity index (χ1v) is 9.58. The van der Waals surface area contributed by atoms with Gasteiger partial charge in [0.2, 0.25) is 0 Å². The van der Waals surface area contributed by atoms with Crippen molar-refractivity contribution in [3.8, 4) is 0 Å². The number of carbonyl (C=O) groups excluding carboxylic acids is 2. The number of hydrogen-bond donors (Lipinski definition) is 3. The van der Waals surface area contributed by atoms with E-state index in [2.05, 4.69) is 16.0 Å². The molecule has 142 valence electrons. The van der Waals surface area contributed by atoms with Gasteiger partial charge in [-0.3, -0.25) is 4.79 Å². The summed E-state index contributed by atoms with van der Waals surface area (Å²) in [5.41, 5.74) is 3.01. The lowest BCUT2D eigenvalue weighted by atomic mass is 10.0. The molecule has 0 aromatic heterocycles. The number of amides is 3. The third kappa shape index (κ3) is 5.23. The molecule has 3 rings (SSSR count). The number of nitrogens with one attached hydrogen (secondary N) is 3. The summed E-state index contributed by atoms with van der Waals surface area (Å²) in [6.07, 6.45) is 2.80. The van der Waals surface area contributed by atoms with E-state index in [0.717, 1.165) is 30.4 Å². The van der Waals surface area contributed by atoms with Crippen LogP contribution in [0.15, 0.2) is 42.5 Å². The van der Waals surface area contributed by atoms with Crippen LogP contribution in [0.5, 0.6) is 0 Å². The van der Waals surface area contributed by atoms with Crippen molar-refractivity contribution in [2.75, 3.05) is 5.32 Å². The van der Waals surface area contributed by atoms with Gasteiger partial charge in [0.15, 0.2) is 0 Å². The van der Waals surface area contributed by atoms with Crippen molar-refractivity contribution in [2.24, 2.45) is 0 Å². The first kappa shape index (κ1) is 19.2. The molecule has 1 unspecified atom stereocenters. The Bertz CT molecular complexity index is 849. The van der Waals surface area contributed by atoms with E-state index in [1.807, 2.05) is 38.1 Å². The van der Waals surface area contributed by atoms with E-state index in [-0.39, 0.29) is 18.0 Å². The number of benzene rings is 2. The van der Waals surface area contributed by atoms with Crippen LogP contribution in [0.2, 0.25) is 5.02 Å². The van der Waals surface area contributed by atoms with Crippen LogP contribution >= 0.6 is 11.6 Å². The van der Waals surface area contributed by atoms with Crippen LogP contribution in [0.3, 0.4) is 0 Å². The van der Waals surface area contributed by atoms with Gasteiger partial charge in [-0.15, -0.1) is 0 Å². The zero-order valence-electron chi connectivity index (χ0n) is 15.5. The molecule has 6 heteroatoms. The fourth-order valence-corrected chi connectivity index (χ4v) is 3.05. The van der Waals surface area contributed by atoms with Crippen LogP contribution in [0.1, 0.15) is 53.7 Å². The molecule has 2 aromatic carbocycles. The molecule has 1 fully saturated rings. The smallest absolute Gasteiger partial charge is 0.319 e. The lowest BCUT2D eigenvalue weighted by molar-refractivity contribution is 0.0951. The topological polar surface area (TPSA) is 70.2 Å². The van der Waals surface area contributed by atoms with Crippen LogP contribution in [0, 0.1) is 6.92 Å².